The molecule has 3 aliphatic rings. The molecule has 55 heavy (non-hydrogen) atoms. The third kappa shape index (κ3) is 8.00. The number of amides is 2. The van der Waals surface area contributed by atoms with Crippen molar-refractivity contribution in [2.75, 3.05) is 70.6 Å². The maximum atomic E-state index is 13.8. The number of nitrogens with two attached hydrogens (primary N) is 2. The van der Waals surface area contributed by atoms with Gasteiger partial charge in [0.15, 0.2) is 11.2 Å². The van der Waals surface area contributed by atoms with Gasteiger partial charge < -0.3 is 40.1 Å². The first-order valence-corrected chi connectivity index (χ1v) is 19.5. The van der Waals surface area contributed by atoms with Gasteiger partial charge in [0.2, 0.25) is 11.8 Å². The van der Waals surface area contributed by atoms with E-state index in [1.807, 2.05) is 34.7 Å². The van der Waals surface area contributed by atoms with Crippen LogP contribution in [0.1, 0.15) is 55.7 Å². The second kappa shape index (κ2) is 16.3. The number of anilines is 2. The summed E-state index contributed by atoms with van der Waals surface area (Å²) in [5, 5.41) is 5.64. The van der Waals surface area contributed by atoms with Gasteiger partial charge in [0.05, 0.1) is 38.2 Å². The van der Waals surface area contributed by atoms with Gasteiger partial charge >= 0.3 is 0 Å². The van der Waals surface area contributed by atoms with Crippen LogP contribution in [-0.4, -0.2) is 116 Å². The van der Waals surface area contributed by atoms with Gasteiger partial charge in [-0.1, -0.05) is 18.2 Å². The number of hydrogen-bond acceptors (Lipinski definition) is 12. The summed E-state index contributed by atoms with van der Waals surface area (Å²) in [4.78, 5) is 46.1. The van der Waals surface area contributed by atoms with E-state index in [1.165, 1.54) is 17.5 Å². The second-order valence-corrected chi connectivity index (χ2v) is 14.8. The molecule has 2 saturated heterocycles. The van der Waals surface area contributed by atoms with E-state index in [2.05, 4.69) is 43.0 Å². The highest BCUT2D eigenvalue weighted by Crippen LogP contribution is 2.33. The van der Waals surface area contributed by atoms with Gasteiger partial charge in [0.1, 0.15) is 23.4 Å². The van der Waals surface area contributed by atoms with E-state index >= 15 is 0 Å². The van der Waals surface area contributed by atoms with Crippen molar-refractivity contribution in [2.45, 2.75) is 64.6 Å². The quantitative estimate of drug-likeness (QED) is 0.176. The largest absolute Gasteiger partial charge is 0.424 e. The Bertz CT molecular complexity index is 2150. The van der Waals surface area contributed by atoms with E-state index < -0.39 is 0 Å². The molecule has 8 rings (SSSR count). The minimum atomic E-state index is 0.0561. The minimum Gasteiger partial charge on any atom is -0.424 e. The van der Waals surface area contributed by atoms with E-state index in [4.69, 9.17) is 30.5 Å². The first-order chi connectivity index (χ1) is 26.8. The van der Waals surface area contributed by atoms with E-state index in [9.17, 15) is 9.59 Å². The van der Waals surface area contributed by atoms with Gasteiger partial charge in [0.25, 0.3) is 6.01 Å². The van der Waals surface area contributed by atoms with Crippen molar-refractivity contribution in [3.63, 3.8) is 0 Å². The lowest BCUT2D eigenvalue weighted by atomic mass is 9.90. The molecule has 0 saturated carbocycles. The summed E-state index contributed by atoms with van der Waals surface area (Å²) in [7, 11) is 0. The fourth-order valence-electron chi connectivity index (χ4n) is 8.43. The Hall–Kier alpha value is -5.12. The molecule has 2 aromatic carbocycles. The molecule has 6 heterocycles. The van der Waals surface area contributed by atoms with Crippen LogP contribution in [0.5, 0.6) is 0 Å². The van der Waals surface area contributed by atoms with Crippen LogP contribution in [0.15, 0.2) is 47.1 Å². The third-order valence-electron chi connectivity index (χ3n) is 11.4. The molecule has 4 N–H and O–H groups in total. The predicted molar refractivity (Wildman–Crippen MR) is 208 cm³/mol. The van der Waals surface area contributed by atoms with Crippen molar-refractivity contribution >= 4 is 45.8 Å². The molecule has 15 nitrogen and oxygen atoms in total. The molecular weight excluding hydrogens is 701 g/mol. The summed E-state index contributed by atoms with van der Waals surface area (Å²) in [5.74, 6) is 0.857. The van der Waals surface area contributed by atoms with Crippen molar-refractivity contribution in [2.24, 2.45) is 5.92 Å². The smallest absolute Gasteiger partial charge is 0.292 e. The molecule has 0 unspecified atom stereocenters. The summed E-state index contributed by atoms with van der Waals surface area (Å²) in [6.45, 7) is 9.45. The lowest BCUT2D eigenvalue weighted by Gasteiger charge is -2.42. The number of aromatic nitrogens is 5. The molecule has 0 radical (unpaired) electrons. The number of nitrogen functional groups attached to an aromatic ring is 2. The maximum Gasteiger partial charge on any atom is 0.292 e. The first kappa shape index (κ1) is 36.8. The van der Waals surface area contributed by atoms with E-state index in [0.29, 0.717) is 92.2 Å². The Balaban J connectivity index is 0.840. The Morgan fingerprint density at radius 1 is 0.891 bits per heavy atom. The zero-order valence-electron chi connectivity index (χ0n) is 31.5. The molecular formula is C40H50N10O5. The Labute approximate surface area is 319 Å². The molecule has 15 heteroatoms. The number of ether oxygens (including phenoxy) is 2. The third-order valence-corrected chi connectivity index (χ3v) is 11.4. The molecule has 2 fully saturated rings. The maximum absolute atomic E-state index is 13.8. The minimum absolute atomic E-state index is 0.0561. The fraction of sp³-hybridized carbons (Fsp3) is 0.500. The van der Waals surface area contributed by atoms with Crippen molar-refractivity contribution in [3.05, 3.63) is 59.4 Å². The summed E-state index contributed by atoms with van der Waals surface area (Å²) >= 11 is 0. The molecule has 3 aliphatic heterocycles. The Morgan fingerprint density at radius 3 is 2.53 bits per heavy atom. The zero-order valence-corrected chi connectivity index (χ0v) is 31.5. The summed E-state index contributed by atoms with van der Waals surface area (Å²) in [6, 6.07) is 12.7. The number of fused-ring (bicyclic) bond motifs is 3. The van der Waals surface area contributed by atoms with Crippen molar-refractivity contribution < 1.29 is 23.5 Å². The summed E-state index contributed by atoms with van der Waals surface area (Å²) in [6.07, 6.45) is 6.42. The van der Waals surface area contributed by atoms with Gasteiger partial charge in [-0.05, 0) is 87.0 Å². The molecule has 0 aliphatic carbocycles. The van der Waals surface area contributed by atoms with Crippen LogP contribution in [0, 0.1) is 5.92 Å². The Kier molecular flexibility index (Phi) is 10.9. The zero-order chi connectivity index (χ0) is 37.9. The molecule has 290 valence electrons. The molecule has 3 aromatic heterocycles. The summed E-state index contributed by atoms with van der Waals surface area (Å²) in [5.41, 5.74) is 19.0. The van der Waals surface area contributed by atoms with Gasteiger partial charge in [-0.15, -0.1) is 0 Å². The standard InChI is InChI=1S/C40H50N10O5/c1-2-53-19-20-54-18-12-34(51)48-16-10-31(11-17-48)47-13-7-27(8-14-47)39(52)49-15-9-28-21-26(3-4-30(28)24-49)23-50-38-35(37(41)43-25-44-38)36(46-50)29-5-6-33-32(22-29)45-40(42)55-33/h3-6,21-22,25,27,31H,2,7-20,23-24H2,1H3,(H2,42,45)(H2,41,43,44). The van der Waals surface area contributed by atoms with Crippen LogP contribution in [-0.2, 0) is 38.6 Å². The van der Waals surface area contributed by atoms with E-state index in [1.54, 1.807) is 0 Å². The molecule has 0 atom stereocenters. The predicted octanol–water partition coefficient (Wildman–Crippen LogP) is 3.88. The van der Waals surface area contributed by atoms with Gasteiger partial charge in [-0.3, -0.25) is 9.59 Å². The highest BCUT2D eigenvalue weighted by Gasteiger charge is 2.34. The molecule has 5 aromatic rings. The van der Waals surface area contributed by atoms with Crippen LogP contribution in [0.2, 0.25) is 0 Å². The van der Waals surface area contributed by atoms with Crippen LogP contribution in [0.3, 0.4) is 0 Å². The number of oxazole rings is 1. The van der Waals surface area contributed by atoms with Crippen LogP contribution in [0.25, 0.3) is 33.4 Å². The normalized spacial score (nSPS) is 17.3. The molecule has 0 spiro atoms. The molecule has 0 bridgehead atoms. The van der Waals surface area contributed by atoms with Crippen molar-refractivity contribution in [1.82, 2.24) is 39.4 Å². The number of carbonyl (C=O) groups excluding carboxylic acids is 2. The van der Waals surface area contributed by atoms with Crippen molar-refractivity contribution in [3.8, 4) is 11.3 Å². The SMILES string of the molecule is CCOCCOCCC(=O)N1CCC(N2CCC(C(=O)N3CCc4cc(Cn5nc(-c6ccc7oc(N)nc7c6)c6c(N)ncnc65)ccc4C3)CC2)CC1. The lowest BCUT2D eigenvalue weighted by molar-refractivity contribution is -0.139. The van der Waals surface area contributed by atoms with Crippen LogP contribution in [0.4, 0.5) is 11.8 Å². The lowest BCUT2D eigenvalue weighted by Crippen LogP contribution is -2.50. The average molecular weight is 751 g/mol. The number of piperidine rings is 2. The fourth-order valence-corrected chi connectivity index (χ4v) is 8.43. The summed E-state index contributed by atoms with van der Waals surface area (Å²) < 4.78 is 18.1. The van der Waals surface area contributed by atoms with Crippen LogP contribution < -0.4 is 11.5 Å². The Morgan fingerprint density at radius 2 is 1.71 bits per heavy atom. The number of likely N-dealkylation sites (tertiary alicyclic amines) is 2. The molecule has 2 amide bonds. The monoisotopic (exact) mass is 750 g/mol. The number of rotatable bonds is 12. The average Bonchev–Trinajstić information content (AvgIpc) is 3.78. The van der Waals surface area contributed by atoms with E-state index in [0.717, 1.165) is 69.4 Å². The van der Waals surface area contributed by atoms with Gasteiger partial charge in [0, 0.05) is 50.3 Å². The van der Waals surface area contributed by atoms with Gasteiger partial charge in [-0.25, -0.2) is 14.6 Å². The number of nitrogens with zero attached hydrogens (tertiary/aromatic N) is 8. The number of hydrogen-bond donors (Lipinski definition) is 2. The second-order valence-electron chi connectivity index (χ2n) is 14.8. The van der Waals surface area contributed by atoms with E-state index in [-0.39, 0.29) is 23.7 Å². The highest BCUT2D eigenvalue weighted by molar-refractivity contribution is 5.99. The highest BCUT2D eigenvalue weighted by atomic mass is 16.5. The van der Waals surface area contributed by atoms with Crippen molar-refractivity contribution in [1.29, 1.82) is 0 Å². The van der Waals surface area contributed by atoms with Gasteiger partial charge in [-0.2, -0.15) is 10.1 Å². The number of carbonyl (C=O) groups is 2. The number of benzene rings is 2. The topological polar surface area (TPSA) is 184 Å². The first-order valence-electron chi connectivity index (χ1n) is 19.5. The van der Waals surface area contributed by atoms with Crippen LogP contribution >= 0.6 is 0 Å².